The van der Waals surface area contributed by atoms with Crippen LogP contribution in [0.1, 0.15) is 80.1 Å². The summed E-state index contributed by atoms with van der Waals surface area (Å²) in [5, 5.41) is 10.4. The quantitative estimate of drug-likeness (QED) is 0.679. The first-order valence-electron chi connectivity index (χ1n) is 7.43. The summed E-state index contributed by atoms with van der Waals surface area (Å²) >= 11 is 0. The Bertz CT molecular complexity index is 258. The number of hydrogen-bond donors (Lipinski definition) is 1. The second-order valence-electron chi connectivity index (χ2n) is 7.30. The Morgan fingerprint density at radius 2 is 1.82 bits per heavy atom. The highest BCUT2D eigenvalue weighted by atomic mass is 16.3. The topological polar surface area (TPSA) is 20.2 Å². The van der Waals surface area contributed by atoms with Crippen LogP contribution in [0.15, 0.2) is 0 Å². The van der Waals surface area contributed by atoms with Gasteiger partial charge in [0.2, 0.25) is 0 Å². The maximum absolute atomic E-state index is 10.4. The molecule has 1 nitrogen and oxygen atoms in total. The van der Waals surface area contributed by atoms with E-state index < -0.39 is 0 Å². The van der Waals surface area contributed by atoms with Crippen LogP contribution in [0.5, 0.6) is 0 Å². The zero-order valence-corrected chi connectivity index (χ0v) is 12.8. The van der Waals surface area contributed by atoms with Crippen molar-refractivity contribution in [2.24, 2.45) is 16.7 Å². The highest BCUT2D eigenvalue weighted by Crippen LogP contribution is 2.61. The van der Waals surface area contributed by atoms with Crippen molar-refractivity contribution >= 4 is 0 Å². The van der Waals surface area contributed by atoms with Crippen molar-refractivity contribution in [3.63, 3.8) is 0 Å². The lowest BCUT2D eigenvalue weighted by molar-refractivity contribution is 0.0829. The van der Waals surface area contributed by atoms with Crippen LogP contribution in [0, 0.1) is 16.7 Å². The maximum atomic E-state index is 10.4. The fraction of sp³-hybridized carbons (Fsp3) is 1.00. The summed E-state index contributed by atoms with van der Waals surface area (Å²) in [6.07, 6.45) is 6.78. The second kappa shape index (κ2) is 4.91. The van der Waals surface area contributed by atoms with E-state index in [2.05, 4.69) is 41.5 Å². The van der Waals surface area contributed by atoms with Gasteiger partial charge in [-0.15, -0.1) is 0 Å². The highest BCUT2D eigenvalue weighted by Gasteiger charge is 2.61. The van der Waals surface area contributed by atoms with Crippen LogP contribution in [0.4, 0.5) is 0 Å². The summed E-state index contributed by atoms with van der Waals surface area (Å²) in [5.74, 6) is 0.746. The summed E-state index contributed by atoms with van der Waals surface area (Å²) in [5.41, 5.74) is 0.313. The fourth-order valence-electron chi connectivity index (χ4n) is 3.00. The molecular weight excluding hydrogens is 208 g/mol. The standard InChI is InChI=1S/C16H32O/c1-7-10-16(17)12-15(16,6)11-9-13(3)14(4,5)8-2/h13,17H,7-12H2,1-6H3. The largest absolute Gasteiger partial charge is 0.389 e. The van der Waals surface area contributed by atoms with E-state index >= 15 is 0 Å². The molecule has 1 rings (SSSR count). The van der Waals surface area contributed by atoms with Crippen molar-refractivity contribution in [2.75, 3.05) is 0 Å². The molecule has 1 aliphatic rings. The summed E-state index contributed by atoms with van der Waals surface area (Å²) in [4.78, 5) is 0. The van der Waals surface area contributed by atoms with Crippen LogP contribution < -0.4 is 0 Å². The minimum absolute atomic E-state index is 0.209. The predicted molar refractivity (Wildman–Crippen MR) is 75.1 cm³/mol. The monoisotopic (exact) mass is 240 g/mol. The molecule has 0 saturated heterocycles. The number of aliphatic hydroxyl groups is 1. The molecule has 0 aromatic carbocycles. The van der Waals surface area contributed by atoms with E-state index in [-0.39, 0.29) is 11.0 Å². The van der Waals surface area contributed by atoms with Gasteiger partial charge in [0.15, 0.2) is 0 Å². The number of rotatable bonds is 7. The van der Waals surface area contributed by atoms with Crippen LogP contribution in [0.25, 0.3) is 0 Å². The second-order valence-corrected chi connectivity index (χ2v) is 7.30. The molecule has 0 heterocycles. The zero-order chi connectivity index (χ0) is 13.3. The van der Waals surface area contributed by atoms with Gasteiger partial charge >= 0.3 is 0 Å². The molecule has 1 N–H and O–H groups in total. The Balaban J connectivity index is 2.43. The zero-order valence-electron chi connectivity index (χ0n) is 12.8. The van der Waals surface area contributed by atoms with Crippen molar-refractivity contribution < 1.29 is 5.11 Å². The third-order valence-electron chi connectivity index (χ3n) is 5.72. The summed E-state index contributed by atoms with van der Waals surface area (Å²) in [6, 6.07) is 0. The van der Waals surface area contributed by atoms with Gasteiger partial charge in [-0.25, -0.2) is 0 Å². The molecule has 102 valence electrons. The fourth-order valence-corrected chi connectivity index (χ4v) is 3.00. The first kappa shape index (κ1) is 15.0. The van der Waals surface area contributed by atoms with E-state index in [9.17, 15) is 5.11 Å². The summed E-state index contributed by atoms with van der Waals surface area (Å²) in [6.45, 7) is 13.8. The van der Waals surface area contributed by atoms with E-state index in [0.29, 0.717) is 5.41 Å². The van der Waals surface area contributed by atoms with Gasteiger partial charge in [-0.2, -0.15) is 0 Å². The minimum Gasteiger partial charge on any atom is -0.389 e. The average molecular weight is 240 g/mol. The lowest BCUT2D eigenvalue weighted by Crippen LogP contribution is -2.23. The molecule has 0 aliphatic heterocycles. The maximum Gasteiger partial charge on any atom is 0.0708 e. The Labute approximate surface area is 108 Å². The molecule has 0 amide bonds. The van der Waals surface area contributed by atoms with Gasteiger partial charge in [0.25, 0.3) is 0 Å². The van der Waals surface area contributed by atoms with E-state index in [1.807, 2.05) is 0 Å². The molecule has 0 radical (unpaired) electrons. The van der Waals surface area contributed by atoms with Gasteiger partial charge in [-0.05, 0) is 42.4 Å². The molecule has 0 aromatic heterocycles. The van der Waals surface area contributed by atoms with Crippen LogP contribution in [-0.4, -0.2) is 10.7 Å². The van der Waals surface area contributed by atoms with Crippen molar-refractivity contribution in [1.29, 1.82) is 0 Å². The molecule has 3 atom stereocenters. The van der Waals surface area contributed by atoms with Gasteiger partial charge in [0.05, 0.1) is 5.60 Å². The minimum atomic E-state index is -0.335. The molecule has 3 unspecified atom stereocenters. The predicted octanol–water partition coefficient (Wildman–Crippen LogP) is 4.78. The smallest absolute Gasteiger partial charge is 0.0708 e. The van der Waals surface area contributed by atoms with Gasteiger partial charge in [-0.1, -0.05) is 54.4 Å². The van der Waals surface area contributed by atoms with Gasteiger partial charge < -0.3 is 5.11 Å². The third kappa shape index (κ3) is 3.05. The molecule has 17 heavy (non-hydrogen) atoms. The lowest BCUT2D eigenvalue weighted by atomic mass is 9.74. The van der Waals surface area contributed by atoms with Crippen LogP contribution in [0.2, 0.25) is 0 Å². The van der Waals surface area contributed by atoms with Gasteiger partial charge in [0.1, 0.15) is 0 Å². The van der Waals surface area contributed by atoms with Gasteiger partial charge in [0, 0.05) is 0 Å². The Morgan fingerprint density at radius 3 is 2.29 bits per heavy atom. The Hall–Kier alpha value is -0.0400. The summed E-state index contributed by atoms with van der Waals surface area (Å²) < 4.78 is 0. The van der Waals surface area contributed by atoms with Crippen molar-refractivity contribution in [3.05, 3.63) is 0 Å². The SMILES string of the molecule is CCCC1(O)CC1(C)CCC(C)C(C)(C)CC. The molecule has 1 fully saturated rings. The van der Waals surface area contributed by atoms with Crippen LogP contribution in [0.3, 0.4) is 0 Å². The summed E-state index contributed by atoms with van der Waals surface area (Å²) in [7, 11) is 0. The normalized spacial score (nSPS) is 34.8. The first-order chi connectivity index (χ1) is 7.71. The molecule has 0 spiro atoms. The molecule has 1 saturated carbocycles. The molecule has 0 aromatic rings. The number of hydrogen-bond acceptors (Lipinski definition) is 1. The molecular formula is C16H32O. The van der Waals surface area contributed by atoms with Crippen LogP contribution >= 0.6 is 0 Å². The van der Waals surface area contributed by atoms with E-state index in [1.54, 1.807) is 0 Å². The van der Waals surface area contributed by atoms with Crippen molar-refractivity contribution in [2.45, 2.75) is 85.7 Å². The van der Waals surface area contributed by atoms with Crippen LogP contribution in [-0.2, 0) is 0 Å². The van der Waals surface area contributed by atoms with Crippen molar-refractivity contribution in [3.8, 4) is 0 Å². The highest BCUT2D eigenvalue weighted by molar-refractivity contribution is 5.13. The lowest BCUT2D eigenvalue weighted by Gasteiger charge is -2.32. The molecule has 1 heteroatoms. The van der Waals surface area contributed by atoms with E-state index in [1.165, 1.54) is 19.3 Å². The van der Waals surface area contributed by atoms with Crippen molar-refractivity contribution in [1.82, 2.24) is 0 Å². The third-order valence-corrected chi connectivity index (χ3v) is 5.72. The Kier molecular flexibility index (Phi) is 4.34. The molecule has 0 bridgehead atoms. The van der Waals surface area contributed by atoms with E-state index in [0.717, 1.165) is 25.2 Å². The average Bonchev–Trinajstić information content (AvgIpc) is 2.78. The molecule has 1 aliphatic carbocycles. The van der Waals surface area contributed by atoms with Gasteiger partial charge in [-0.3, -0.25) is 0 Å². The Morgan fingerprint density at radius 1 is 1.24 bits per heavy atom. The van der Waals surface area contributed by atoms with E-state index in [4.69, 9.17) is 0 Å². The first-order valence-corrected chi connectivity index (χ1v) is 7.43.